The number of amides is 1. The molecule has 0 aliphatic heterocycles. The minimum Gasteiger partial charge on any atom is -0.296 e. The van der Waals surface area contributed by atoms with Crippen LogP contribution >= 0.6 is 34.5 Å². The van der Waals surface area contributed by atoms with Gasteiger partial charge in [-0.25, -0.2) is 9.67 Å². The van der Waals surface area contributed by atoms with Crippen LogP contribution < -0.4 is 5.32 Å². The molecule has 0 atom stereocenters. The highest BCUT2D eigenvalue weighted by Gasteiger charge is 2.21. The summed E-state index contributed by atoms with van der Waals surface area (Å²) >= 11 is 13.2. The Bertz CT molecular complexity index is 1140. The molecule has 1 N–H and O–H groups in total. The summed E-state index contributed by atoms with van der Waals surface area (Å²) in [7, 11) is 0. The van der Waals surface area contributed by atoms with Gasteiger partial charge in [-0.15, -0.1) is 5.10 Å². The normalized spacial score (nSPS) is 11.2. The van der Waals surface area contributed by atoms with Gasteiger partial charge in [-0.3, -0.25) is 14.9 Å². The first kappa shape index (κ1) is 24.4. The fraction of sp³-hybridized carbons (Fsp3) is 0.409. The van der Waals surface area contributed by atoms with Crippen LogP contribution in [0, 0.1) is 19.8 Å². The first-order valence-corrected chi connectivity index (χ1v) is 11.9. The maximum absolute atomic E-state index is 12.8. The van der Waals surface area contributed by atoms with E-state index < -0.39 is 5.91 Å². The summed E-state index contributed by atoms with van der Waals surface area (Å²) < 4.78 is 1.62. The zero-order valence-corrected chi connectivity index (χ0v) is 20.7. The van der Waals surface area contributed by atoms with Crippen molar-refractivity contribution in [2.24, 2.45) is 5.92 Å². The van der Waals surface area contributed by atoms with Crippen molar-refractivity contribution >= 4 is 51.4 Å². The quantitative estimate of drug-likeness (QED) is 0.370. The van der Waals surface area contributed by atoms with E-state index in [0.717, 1.165) is 18.4 Å². The Balaban J connectivity index is 1.67. The van der Waals surface area contributed by atoms with Crippen molar-refractivity contribution in [3.05, 3.63) is 55.8 Å². The van der Waals surface area contributed by atoms with Crippen molar-refractivity contribution in [1.29, 1.82) is 0 Å². The highest BCUT2D eigenvalue weighted by Crippen LogP contribution is 2.26. The third-order valence-corrected chi connectivity index (χ3v) is 6.82. The summed E-state index contributed by atoms with van der Waals surface area (Å²) in [4.78, 5) is 30.2. The first-order chi connectivity index (χ1) is 15.2. The molecule has 7 nitrogen and oxygen atoms in total. The van der Waals surface area contributed by atoms with Crippen molar-refractivity contribution < 1.29 is 9.59 Å². The van der Waals surface area contributed by atoms with E-state index in [2.05, 4.69) is 34.5 Å². The zero-order valence-electron chi connectivity index (χ0n) is 18.4. The Hall–Kier alpha value is -2.29. The predicted molar refractivity (Wildman–Crippen MR) is 128 cm³/mol. The molecule has 170 valence electrons. The van der Waals surface area contributed by atoms with E-state index in [0.29, 0.717) is 50.3 Å². The lowest BCUT2D eigenvalue weighted by Gasteiger charge is -2.05. The molecule has 32 heavy (non-hydrogen) atoms. The molecule has 0 bridgehead atoms. The second kappa shape index (κ2) is 10.6. The van der Waals surface area contributed by atoms with Crippen molar-refractivity contribution in [2.75, 3.05) is 5.32 Å². The zero-order chi connectivity index (χ0) is 23.4. The third-order valence-electron chi connectivity index (χ3n) is 4.97. The number of carbonyl (C=O) groups is 2. The van der Waals surface area contributed by atoms with Crippen molar-refractivity contribution in [3.63, 3.8) is 0 Å². The molecule has 0 aliphatic rings. The minimum absolute atomic E-state index is 0.0601. The van der Waals surface area contributed by atoms with Gasteiger partial charge in [0.2, 0.25) is 0 Å². The topological polar surface area (TPSA) is 89.8 Å². The molecule has 2 aromatic heterocycles. The lowest BCUT2D eigenvalue weighted by molar-refractivity contribution is 0.0979. The molecule has 10 heteroatoms. The lowest BCUT2D eigenvalue weighted by Crippen LogP contribution is -2.14. The number of ketones is 1. The van der Waals surface area contributed by atoms with Crippen LogP contribution in [0.4, 0.5) is 5.13 Å². The maximum Gasteiger partial charge on any atom is 0.279 e. The van der Waals surface area contributed by atoms with Gasteiger partial charge in [-0.2, -0.15) is 0 Å². The van der Waals surface area contributed by atoms with Gasteiger partial charge >= 0.3 is 0 Å². The molecule has 3 rings (SSSR count). The van der Waals surface area contributed by atoms with E-state index in [4.69, 9.17) is 23.2 Å². The molecule has 3 aromatic rings. The van der Waals surface area contributed by atoms with Gasteiger partial charge in [0.05, 0.1) is 32.9 Å². The van der Waals surface area contributed by atoms with Crippen LogP contribution in [-0.2, 0) is 6.54 Å². The van der Waals surface area contributed by atoms with Crippen molar-refractivity contribution in [1.82, 2.24) is 20.0 Å². The second-order valence-electron chi connectivity index (χ2n) is 8.03. The Morgan fingerprint density at radius 3 is 2.62 bits per heavy atom. The number of carbonyl (C=O) groups excluding carboxylic acids is 2. The lowest BCUT2D eigenvalue weighted by atomic mass is 10.0. The van der Waals surface area contributed by atoms with E-state index in [1.807, 2.05) is 6.07 Å². The highest BCUT2D eigenvalue weighted by molar-refractivity contribution is 7.17. The van der Waals surface area contributed by atoms with Gasteiger partial charge in [0, 0.05) is 6.42 Å². The number of halogens is 2. The van der Waals surface area contributed by atoms with Crippen LogP contribution in [0.5, 0.6) is 0 Å². The number of nitrogens with one attached hydrogen (secondary N) is 1. The van der Waals surface area contributed by atoms with Gasteiger partial charge in [0.25, 0.3) is 5.91 Å². The number of anilines is 1. The van der Waals surface area contributed by atoms with Crippen LogP contribution in [0.1, 0.15) is 70.2 Å². The van der Waals surface area contributed by atoms with Crippen LogP contribution in [0.2, 0.25) is 10.0 Å². The van der Waals surface area contributed by atoms with E-state index >= 15 is 0 Å². The average molecular weight is 494 g/mol. The molecule has 2 heterocycles. The third kappa shape index (κ3) is 5.94. The fourth-order valence-electron chi connectivity index (χ4n) is 3.18. The molecule has 1 amide bonds. The molecular formula is C22H25Cl2N5O2S. The van der Waals surface area contributed by atoms with Crippen LogP contribution in [-0.4, -0.2) is 31.7 Å². The molecular weight excluding hydrogens is 469 g/mol. The average Bonchev–Trinajstić information content (AvgIpc) is 3.27. The number of benzene rings is 1. The summed E-state index contributed by atoms with van der Waals surface area (Å²) in [6.45, 7) is 8.22. The maximum atomic E-state index is 12.8. The van der Waals surface area contributed by atoms with Crippen LogP contribution in [0.15, 0.2) is 18.2 Å². The number of rotatable bonds is 9. The minimum atomic E-state index is -0.421. The van der Waals surface area contributed by atoms with Crippen LogP contribution in [0.25, 0.3) is 0 Å². The molecule has 0 saturated heterocycles. The molecule has 1 aromatic carbocycles. The summed E-state index contributed by atoms with van der Waals surface area (Å²) in [5.74, 6) is 0.203. The number of aromatic nitrogens is 4. The number of hydrogen-bond acceptors (Lipinski definition) is 6. The Morgan fingerprint density at radius 2 is 1.94 bits per heavy atom. The van der Waals surface area contributed by atoms with Crippen molar-refractivity contribution in [3.8, 4) is 0 Å². The van der Waals surface area contributed by atoms with E-state index in [9.17, 15) is 9.59 Å². The summed E-state index contributed by atoms with van der Waals surface area (Å²) in [5, 5.41) is 12.1. The number of Topliss-reactive ketones (excluding diaryl/α,β-unsaturated/α-hetero) is 1. The first-order valence-electron chi connectivity index (χ1n) is 10.3. The molecule has 0 aliphatic carbocycles. The highest BCUT2D eigenvalue weighted by atomic mass is 35.5. The van der Waals surface area contributed by atoms with E-state index in [1.54, 1.807) is 30.7 Å². The molecule has 0 saturated carbocycles. The summed E-state index contributed by atoms with van der Waals surface area (Å²) in [6.07, 6.45) is 2.33. The van der Waals surface area contributed by atoms with Gasteiger partial charge in [-0.05, 0) is 43.9 Å². The number of thiazole rings is 1. The molecule has 0 unspecified atom stereocenters. The summed E-state index contributed by atoms with van der Waals surface area (Å²) in [5.41, 5.74) is 2.31. The number of hydrogen-bond donors (Lipinski definition) is 1. The SMILES string of the molecule is Cc1nc(NC(=O)c2nnn(Cc3ccc(Cl)c(Cl)c3)c2C)sc1C(=O)CCCC(C)C. The fourth-order valence-corrected chi connectivity index (χ4v) is 4.43. The standard InChI is InChI=1S/C22H25Cl2N5O2S/c1-12(2)6-5-7-18(30)20-13(3)25-22(32-20)26-21(31)19-14(4)29(28-27-19)11-15-8-9-16(23)17(24)10-15/h8-10,12H,5-7,11H2,1-4H3,(H,25,26,31). The Morgan fingerprint density at radius 1 is 1.19 bits per heavy atom. The Labute approximate surface area is 201 Å². The van der Waals surface area contributed by atoms with Gasteiger partial charge in [0.15, 0.2) is 16.6 Å². The van der Waals surface area contributed by atoms with Crippen LogP contribution in [0.3, 0.4) is 0 Å². The second-order valence-corrected chi connectivity index (χ2v) is 9.84. The van der Waals surface area contributed by atoms with Crippen molar-refractivity contribution in [2.45, 2.75) is 53.5 Å². The molecule has 0 spiro atoms. The molecule has 0 fully saturated rings. The Kier molecular flexibility index (Phi) is 8.03. The predicted octanol–water partition coefficient (Wildman–Crippen LogP) is 5.97. The van der Waals surface area contributed by atoms with Gasteiger partial charge in [0.1, 0.15) is 0 Å². The van der Waals surface area contributed by atoms with E-state index in [-0.39, 0.29) is 11.5 Å². The smallest absolute Gasteiger partial charge is 0.279 e. The number of nitrogens with zero attached hydrogens (tertiary/aromatic N) is 4. The van der Waals surface area contributed by atoms with Gasteiger partial charge in [-0.1, -0.05) is 66.1 Å². The summed E-state index contributed by atoms with van der Waals surface area (Å²) in [6, 6.07) is 5.31. The largest absolute Gasteiger partial charge is 0.296 e. The monoisotopic (exact) mass is 493 g/mol. The van der Waals surface area contributed by atoms with E-state index in [1.165, 1.54) is 11.3 Å². The molecule has 0 radical (unpaired) electrons. The number of aryl methyl sites for hydroxylation is 1. The van der Waals surface area contributed by atoms with Gasteiger partial charge < -0.3 is 0 Å².